The fourth-order valence-corrected chi connectivity index (χ4v) is 3.06. The Morgan fingerprint density at radius 2 is 2.23 bits per heavy atom. The summed E-state index contributed by atoms with van der Waals surface area (Å²) in [6, 6.07) is 1.46. The van der Waals surface area contributed by atoms with Gasteiger partial charge in [0, 0.05) is 30.8 Å². The Labute approximate surface area is 133 Å². The summed E-state index contributed by atoms with van der Waals surface area (Å²) in [6.45, 7) is 5.90. The minimum atomic E-state index is -1.38. The van der Waals surface area contributed by atoms with Gasteiger partial charge in [-0.25, -0.2) is 4.79 Å². The number of ether oxygens (including phenoxy) is 1. The van der Waals surface area contributed by atoms with E-state index in [1.807, 2.05) is 6.92 Å². The fraction of sp³-hybridized carbons (Fsp3) is 0.533. The van der Waals surface area contributed by atoms with E-state index in [4.69, 9.17) is 16.3 Å². The Morgan fingerprint density at radius 1 is 1.55 bits per heavy atom. The molecule has 1 amide bonds. The molecular formula is C15H19ClN2O4. The van der Waals surface area contributed by atoms with E-state index in [1.165, 1.54) is 18.5 Å². The molecule has 0 radical (unpaired) electrons. The number of nitrogens with one attached hydrogen (secondary N) is 1. The summed E-state index contributed by atoms with van der Waals surface area (Å²) in [7, 11) is 0. The maximum atomic E-state index is 12.4. The number of nitrogens with zero attached hydrogens (tertiary/aromatic N) is 1. The van der Waals surface area contributed by atoms with Crippen LogP contribution in [0.5, 0.6) is 0 Å². The van der Waals surface area contributed by atoms with Gasteiger partial charge in [-0.1, -0.05) is 25.4 Å². The highest BCUT2D eigenvalue weighted by molar-refractivity contribution is 6.33. The first-order valence-corrected chi connectivity index (χ1v) is 7.41. The van der Waals surface area contributed by atoms with Crippen LogP contribution >= 0.6 is 11.6 Å². The van der Waals surface area contributed by atoms with Crippen LogP contribution in [0.4, 0.5) is 0 Å². The number of hydrogen-bond donors (Lipinski definition) is 2. The Bertz CT molecular complexity index is 605. The summed E-state index contributed by atoms with van der Waals surface area (Å²) < 4.78 is 5.56. The van der Waals surface area contributed by atoms with Crippen LogP contribution in [0.15, 0.2) is 18.5 Å². The van der Waals surface area contributed by atoms with Crippen molar-refractivity contribution in [3.8, 4) is 0 Å². The van der Waals surface area contributed by atoms with E-state index in [2.05, 4.69) is 10.3 Å². The summed E-state index contributed by atoms with van der Waals surface area (Å²) in [4.78, 5) is 28.0. The molecule has 1 aromatic rings. The number of carboxylic acids is 1. The minimum Gasteiger partial charge on any atom is -0.479 e. The molecule has 0 spiro atoms. The Hall–Kier alpha value is -1.66. The van der Waals surface area contributed by atoms with Gasteiger partial charge in [0.05, 0.1) is 16.7 Å². The first kappa shape index (κ1) is 16.7. The molecule has 0 bridgehead atoms. The number of halogens is 1. The zero-order valence-electron chi connectivity index (χ0n) is 12.7. The summed E-state index contributed by atoms with van der Waals surface area (Å²) in [6.07, 6.45) is 2.78. The lowest BCUT2D eigenvalue weighted by Crippen LogP contribution is -2.76. The number of amides is 1. The average Bonchev–Trinajstić information content (AvgIpc) is 2.45. The summed E-state index contributed by atoms with van der Waals surface area (Å²) in [5.41, 5.74) is -1.91. The molecule has 6 nitrogen and oxygen atoms in total. The third kappa shape index (κ3) is 2.46. The van der Waals surface area contributed by atoms with Gasteiger partial charge in [0.1, 0.15) is 5.54 Å². The standard InChI is InChI=1S/C15H19ClN2O4/c1-4-22-11-7-15(13(20)21,14(11,2)3)18-12(19)9-5-6-17-8-10(9)16/h5-6,8,11H,4,7H2,1-3H3,(H,18,19)(H,20,21)/t11-,15-/m0/s1. The van der Waals surface area contributed by atoms with Crippen molar-refractivity contribution in [2.24, 2.45) is 5.41 Å². The van der Waals surface area contributed by atoms with Crippen molar-refractivity contribution in [1.82, 2.24) is 10.3 Å². The predicted molar refractivity (Wildman–Crippen MR) is 80.9 cm³/mol. The second-order valence-electron chi connectivity index (χ2n) is 5.89. The Morgan fingerprint density at radius 3 is 2.73 bits per heavy atom. The van der Waals surface area contributed by atoms with E-state index in [0.29, 0.717) is 6.61 Å². The van der Waals surface area contributed by atoms with Crippen molar-refractivity contribution in [2.45, 2.75) is 38.8 Å². The summed E-state index contributed by atoms with van der Waals surface area (Å²) in [5, 5.41) is 12.5. The molecule has 2 atom stereocenters. The molecule has 0 saturated heterocycles. The van der Waals surface area contributed by atoms with Crippen molar-refractivity contribution in [3.63, 3.8) is 0 Å². The van der Waals surface area contributed by atoms with E-state index in [-0.39, 0.29) is 23.1 Å². The van der Waals surface area contributed by atoms with Crippen molar-refractivity contribution >= 4 is 23.5 Å². The SMILES string of the molecule is CCO[C@H]1C[C@](NC(=O)c2ccncc2Cl)(C(=O)O)C1(C)C. The highest BCUT2D eigenvalue weighted by atomic mass is 35.5. The molecule has 1 saturated carbocycles. The maximum absolute atomic E-state index is 12.4. The number of hydrogen-bond acceptors (Lipinski definition) is 4. The molecule has 1 aliphatic carbocycles. The summed E-state index contributed by atoms with van der Waals surface area (Å²) >= 11 is 5.94. The molecule has 1 aromatic heterocycles. The lowest BCUT2D eigenvalue weighted by Gasteiger charge is -2.58. The van der Waals surface area contributed by atoms with Crippen molar-refractivity contribution in [2.75, 3.05) is 6.61 Å². The van der Waals surface area contributed by atoms with E-state index >= 15 is 0 Å². The third-order valence-electron chi connectivity index (χ3n) is 4.47. The van der Waals surface area contributed by atoms with Gasteiger partial charge in [0.2, 0.25) is 0 Å². The average molecular weight is 327 g/mol. The van der Waals surface area contributed by atoms with Gasteiger partial charge in [-0.15, -0.1) is 0 Å². The lowest BCUT2D eigenvalue weighted by atomic mass is 9.54. The van der Waals surface area contributed by atoms with E-state index in [0.717, 1.165) is 0 Å². The molecule has 0 aromatic carbocycles. The predicted octanol–water partition coefficient (Wildman–Crippen LogP) is 2.12. The molecule has 22 heavy (non-hydrogen) atoms. The van der Waals surface area contributed by atoms with Crippen LogP contribution in [0, 0.1) is 5.41 Å². The lowest BCUT2D eigenvalue weighted by molar-refractivity contribution is -0.190. The topological polar surface area (TPSA) is 88.5 Å². The first-order valence-electron chi connectivity index (χ1n) is 7.03. The van der Waals surface area contributed by atoms with Crippen molar-refractivity contribution in [3.05, 3.63) is 29.0 Å². The van der Waals surface area contributed by atoms with Gasteiger partial charge >= 0.3 is 5.97 Å². The molecular weight excluding hydrogens is 308 g/mol. The van der Waals surface area contributed by atoms with Crippen LogP contribution in [0.2, 0.25) is 5.02 Å². The van der Waals surface area contributed by atoms with Crippen molar-refractivity contribution in [1.29, 1.82) is 0 Å². The molecule has 1 fully saturated rings. The zero-order valence-corrected chi connectivity index (χ0v) is 13.5. The fourth-order valence-electron chi connectivity index (χ4n) is 2.86. The smallest absolute Gasteiger partial charge is 0.330 e. The number of aromatic nitrogens is 1. The van der Waals surface area contributed by atoms with Gasteiger partial charge in [0.25, 0.3) is 5.91 Å². The normalized spacial score (nSPS) is 26.1. The maximum Gasteiger partial charge on any atom is 0.330 e. The van der Waals surface area contributed by atoms with E-state index < -0.39 is 22.8 Å². The van der Waals surface area contributed by atoms with E-state index in [9.17, 15) is 14.7 Å². The number of carbonyl (C=O) groups is 2. The molecule has 2 rings (SSSR count). The third-order valence-corrected chi connectivity index (χ3v) is 4.77. The molecule has 0 aliphatic heterocycles. The molecule has 2 N–H and O–H groups in total. The van der Waals surface area contributed by atoms with Gasteiger partial charge < -0.3 is 15.2 Å². The highest BCUT2D eigenvalue weighted by Crippen LogP contribution is 2.51. The number of aliphatic carboxylic acids is 1. The summed E-state index contributed by atoms with van der Waals surface area (Å²) in [5.74, 6) is -1.61. The van der Waals surface area contributed by atoms with Crippen LogP contribution in [-0.4, -0.2) is 40.2 Å². The molecule has 1 aliphatic rings. The minimum absolute atomic E-state index is 0.180. The Balaban J connectivity index is 2.27. The van der Waals surface area contributed by atoms with Crippen LogP contribution in [0.3, 0.4) is 0 Å². The number of carboxylic acid groups (broad SMARTS) is 1. The number of pyridine rings is 1. The van der Waals surface area contributed by atoms with Crippen LogP contribution in [0.1, 0.15) is 37.6 Å². The second-order valence-corrected chi connectivity index (χ2v) is 6.30. The van der Waals surface area contributed by atoms with Crippen LogP contribution < -0.4 is 5.32 Å². The van der Waals surface area contributed by atoms with Gasteiger partial charge in [-0.05, 0) is 13.0 Å². The molecule has 1 heterocycles. The first-order chi connectivity index (χ1) is 10.3. The zero-order chi connectivity index (χ0) is 16.5. The van der Waals surface area contributed by atoms with Gasteiger partial charge in [0.15, 0.2) is 0 Å². The van der Waals surface area contributed by atoms with Crippen molar-refractivity contribution < 1.29 is 19.4 Å². The molecule has 7 heteroatoms. The van der Waals surface area contributed by atoms with Gasteiger partial charge in [-0.3, -0.25) is 9.78 Å². The highest BCUT2D eigenvalue weighted by Gasteiger charge is 2.66. The van der Waals surface area contributed by atoms with Gasteiger partial charge in [-0.2, -0.15) is 0 Å². The second kappa shape index (κ2) is 5.85. The largest absolute Gasteiger partial charge is 0.479 e. The monoisotopic (exact) mass is 326 g/mol. The number of rotatable bonds is 5. The molecule has 120 valence electrons. The van der Waals surface area contributed by atoms with Crippen LogP contribution in [-0.2, 0) is 9.53 Å². The molecule has 0 unspecified atom stereocenters. The van der Waals surface area contributed by atoms with Crippen LogP contribution in [0.25, 0.3) is 0 Å². The van der Waals surface area contributed by atoms with E-state index in [1.54, 1.807) is 13.8 Å². The Kier molecular flexibility index (Phi) is 4.44. The number of carbonyl (C=O) groups excluding carboxylic acids is 1. The quantitative estimate of drug-likeness (QED) is 0.865.